The average molecular weight is 321 g/mol. The van der Waals surface area contributed by atoms with E-state index in [-0.39, 0.29) is 5.69 Å². The molecule has 0 bridgehead atoms. The summed E-state index contributed by atoms with van der Waals surface area (Å²) in [6.45, 7) is 2.12. The molecule has 1 N–H and O–H groups in total. The molecular formula is C16H17ClN2O3. The molecule has 0 amide bonds. The van der Waals surface area contributed by atoms with Gasteiger partial charge in [0.2, 0.25) is 5.89 Å². The number of halogens is 1. The fourth-order valence-corrected chi connectivity index (χ4v) is 2.59. The Morgan fingerprint density at radius 2 is 2.14 bits per heavy atom. The van der Waals surface area contributed by atoms with Gasteiger partial charge < -0.3 is 9.52 Å². The average Bonchev–Trinajstić information content (AvgIpc) is 3.16. The van der Waals surface area contributed by atoms with Gasteiger partial charge >= 0.3 is 5.97 Å². The Morgan fingerprint density at radius 3 is 2.77 bits per heavy atom. The maximum atomic E-state index is 10.9. The Morgan fingerprint density at radius 1 is 1.36 bits per heavy atom. The Balaban J connectivity index is 1.71. The molecule has 2 aromatic rings. The van der Waals surface area contributed by atoms with E-state index in [9.17, 15) is 4.79 Å². The third kappa shape index (κ3) is 3.87. The second-order valence-corrected chi connectivity index (χ2v) is 6.04. The molecule has 116 valence electrons. The lowest BCUT2D eigenvalue weighted by Crippen LogP contribution is -2.25. The number of oxazole rings is 1. The van der Waals surface area contributed by atoms with E-state index in [1.165, 1.54) is 19.1 Å². The molecule has 1 aromatic carbocycles. The topological polar surface area (TPSA) is 66.6 Å². The standard InChI is InChI=1S/C16H17ClN2O3/c17-13-4-2-1-3-12(13)8-19(7-11-5-6-11)9-15-18-14(10-22-15)16(20)21/h1-4,10-11H,5-9H2,(H,20,21). The van der Waals surface area contributed by atoms with Crippen LogP contribution in [0.1, 0.15) is 34.8 Å². The number of hydrogen-bond donors (Lipinski definition) is 1. The van der Waals surface area contributed by atoms with Crippen molar-refractivity contribution in [2.45, 2.75) is 25.9 Å². The fraction of sp³-hybridized carbons (Fsp3) is 0.375. The van der Waals surface area contributed by atoms with Crippen LogP contribution in [0.15, 0.2) is 34.9 Å². The van der Waals surface area contributed by atoms with E-state index >= 15 is 0 Å². The molecule has 0 spiro atoms. The molecule has 0 radical (unpaired) electrons. The monoisotopic (exact) mass is 320 g/mol. The van der Waals surface area contributed by atoms with Gasteiger partial charge in [0.1, 0.15) is 6.26 Å². The third-order valence-electron chi connectivity index (χ3n) is 3.69. The van der Waals surface area contributed by atoms with E-state index in [1.54, 1.807) is 0 Å². The summed E-state index contributed by atoms with van der Waals surface area (Å²) in [5.41, 5.74) is 0.994. The van der Waals surface area contributed by atoms with Crippen molar-refractivity contribution in [3.63, 3.8) is 0 Å². The van der Waals surface area contributed by atoms with E-state index < -0.39 is 5.97 Å². The molecule has 0 saturated heterocycles. The summed E-state index contributed by atoms with van der Waals surface area (Å²) in [6.07, 6.45) is 3.67. The summed E-state index contributed by atoms with van der Waals surface area (Å²) in [5, 5.41) is 9.64. The highest BCUT2D eigenvalue weighted by Crippen LogP contribution is 2.31. The minimum Gasteiger partial charge on any atom is -0.476 e. The van der Waals surface area contributed by atoms with Crippen LogP contribution in [-0.4, -0.2) is 27.5 Å². The van der Waals surface area contributed by atoms with Crippen LogP contribution >= 0.6 is 11.6 Å². The van der Waals surface area contributed by atoms with Crippen molar-refractivity contribution in [1.29, 1.82) is 0 Å². The lowest BCUT2D eigenvalue weighted by molar-refractivity contribution is 0.0690. The summed E-state index contributed by atoms with van der Waals surface area (Å²) >= 11 is 6.23. The highest BCUT2D eigenvalue weighted by molar-refractivity contribution is 6.31. The van der Waals surface area contributed by atoms with Crippen LogP contribution in [0.4, 0.5) is 0 Å². The van der Waals surface area contributed by atoms with Crippen LogP contribution in [0.5, 0.6) is 0 Å². The number of carboxylic acid groups (broad SMARTS) is 1. The number of hydrogen-bond acceptors (Lipinski definition) is 4. The van der Waals surface area contributed by atoms with E-state index in [2.05, 4.69) is 9.88 Å². The SMILES string of the molecule is O=C(O)c1coc(CN(Cc2ccccc2Cl)CC2CC2)n1. The summed E-state index contributed by atoms with van der Waals surface area (Å²) in [6, 6.07) is 7.74. The smallest absolute Gasteiger partial charge is 0.357 e. The number of benzene rings is 1. The highest BCUT2D eigenvalue weighted by atomic mass is 35.5. The van der Waals surface area contributed by atoms with Crippen molar-refractivity contribution in [1.82, 2.24) is 9.88 Å². The number of rotatable bonds is 7. The van der Waals surface area contributed by atoms with Crippen LogP contribution in [-0.2, 0) is 13.1 Å². The Bertz CT molecular complexity index is 667. The third-order valence-corrected chi connectivity index (χ3v) is 4.06. The van der Waals surface area contributed by atoms with Crippen molar-refractivity contribution in [3.05, 3.63) is 52.7 Å². The van der Waals surface area contributed by atoms with E-state index in [1.807, 2.05) is 24.3 Å². The van der Waals surface area contributed by atoms with Gasteiger partial charge in [0.25, 0.3) is 0 Å². The zero-order chi connectivity index (χ0) is 15.5. The minimum atomic E-state index is -1.07. The first-order valence-electron chi connectivity index (χ1n) is 7.25. The van der Waals surface area contributed by atoms with Gasteiger partial charge in [-0.25, -0.2) is 9.78 Å². The van der Waals surface area contributed by atoms with Gasteiger partial charge in [0.05, 0.1) is 6.54 Å². The molecule has 1 aromatic heterocycles. The number of carbonyl (C=O) groups is 1. The van der Waals surface area contributed by atoms with Gasteiger partial charge in [-0.15, -0.1) is 0 Å². The predicted molar refractivity (Wildman–Crippen MR) is 81.8 cm³/mol. The molecule has 6 heteroatoms. The lowest BCUT2D eigenvalue weighted by Gasteiger charge is -2.21. The first kappa shape index (κ1) is 15.1. The van der Waals surface area contributed by atoms with Gasteiger partial charge in [-0.05, 0) is 30.4 Å². The van der Waals surface area contributed by atoms with Crippen LogP contribution in [0.3, 0.4) is 0 Å². The summed E-state index contributed by atoms with van der Waals surface area (Å²) < 4.78 is 5.26. The second kappa shape index (κ2) is 6.50. The van der Waals surface area contributed by atoms with Crippen LogP contribution in [0.2, 0.25) is 5.02 Å². The maximum Gasteiger partial charge on any atom is 0.357 e. The number of nitrogens with zero attached hydrogens (tertiary/aromatic N) is 2. The minimum absolute atomic E-state index is 0.0564. The van der Waals surface area contributed by atoms with Crippen LogP contribution in [0.25, 0.3) is 0 Å². The van der Waals surface area contributed by atoms with Gasteiger partial charge in [-0.2, -0.15) is 0 Å². The maximum absolute atomic E-state index is 10.9. The Labute approximate surface area is 133 Å². The highest BCUT2D eigenvalue weighted by Gasteiger charge is 2.25. The lowest BCUT2D eigenvalue weighted by atomic mass is 10.2. The molecule has 0 aliphatic heterocycles. The first-order chi connectivity index (χ1) is 10.6. The first-order valence-corrected chi connectivity index (χ1v) is 7.63. The molecule has 0 unspecified atom stereocenters. The van der Waals surface area contributed by atoms with Crippen molar-refractivity contribution < 1.29 is 14.3 Å². The largest absolute Gasteiger partial charge is 0.476 e. The van der Waals surface area contributed by atoms with Gasteiger partial charge in [-0.1, -0.05) is 29.8 Å². The number of carboxylic acids is 1. The van der Waals surface area contributed by atoms with Crippen LogP contribution < -0.4 is 0 Å². The molecule has 1 heterocycles. The van der Waals surface area contributed by atoms with Crippen molar-refractivity contribution in [2.75, 3.05) is 6.54 Å². The zero-order valence-electron chi connectivity index (χ0n) is 12.0. The normalized spacial score (nSPS) is 14.5. The Kier molecular flexibility index (Phi) is 4.45. The zero-order valence-corrected chi connectivity index (χ0v) is 12.8. The van der Waals surface area contributed by atoms with Crippen molar-refractivity contribution in [2.24, 2.45) is 5.92 Å². The molecule has 3 rings (SSSR count). The Hall–Kier alpha value is -1.85. The second-order valence-electron chi connectivity index (χ2n) is 5.64. The molecule has 22 heavy (non-hydrogen) atoms. The summed E-state index contributed by atoms with van der Waals surface area (Å²) in [4.78, 5) is 17.1. The van der Waals surface area contributed by atoms with Gasteiger partial charge in [0.15, 0.2) is 5.69 Å². The molecule has 0 atom stereocenters. The molecular weight excluding hydrogens is 304 g/mol. The van der Waals surface area contributed by atoms with E-state index in [4.69, 9.17) is 21.1 Å². The predicted octanol–water partition coefficient (Wildman–Crippen LogP) is 3.44. The van der Waals surface area contributed by atoms with E-state index in [0.717, 1.165) is 17.1 Å². The summed E-state index contributed by atoms with van der Waals surface area (Å²) in [5.74, 6) is 0.0522. The quantitative estimate of drug-likeness (QED) is 0.846. The molecule has 1 aliphatic carbocycles. The fourth-order valence-electron chi connectivity index (χ4n) is 2.39. The van der Waals surface area contributed by atoms with E-state index in [0.29, 0.717) is 24.9 Å². The van der Waals surface area contributed by atoms with Gasteiger partial charge in [-0.3, -0.25) is 4.90 Å². The van der Waals surface area contributed by atoms with Crippen molar-refractivity contribution in [3.8, 4) is 0 Å². The molecule has 5 nitrogen and oxygen atoms in total. The van der Waals surface area contributed by atoms with Crippen LogP contribution in [0, 0.1) is 5.92 Å². The molecule has 1 fully saturated rings. The number of aromatic carboxylic acids is 1. The van der Waals surface area contributed by atoms with Gasteiger partial charge in [0, 0.05) is 18.1 Å². The summed E-state index contributed by atoms with van der Waals surface area (Å²) in [7, 11) is 0. The molecule has 1 aliphatic rings. The molecule has 1 saturated carbocycles. The van der Waals surface area contributed by atoms with Crippen molar-refractivity contribution >= 4 is 17.6 Å². The number of aromatic nitrogens is 1.